The predicted molar refractivity (Wildman–Crippen MR) is 86.2 cm³/mol. The minimum absolute atomic E-state index is 0.0505. The van der Waals surface area contributed by atoms with Gasteiger partial charge >= 0.3 is 0 Å². The highest BCUT2D eigenvalue weighted by Gasteiger charge is 2.06. The molecule has 0 aliphatic carbocycles. The maximum absolute atomic E-state index is 10.5. The second-order valence-corrected chi connectivity index (χ2v) is 6.34. The van der Waals surface area contributed by atoms with Gasteiger partial charge in [-0.2, -0.15) is 8.42 Å². The summed E-state index contributed by atoms with van der Waals surface area (Å²) in [6.45, 7) is 1.89. The van der Waals surface area contributed by atoms with Gasteiger partial charge in [-0.1, -0.05) is 48.0 Å². The fourth-order valence-electron chi connectivity index (χ4n) is 1.69. The van der Waals surface area contributed by atoms with E-state index >= 15 is 0 Å². The van der Waals surface area contributed by atoms with Crippen molar-refractivity contribution in [2.75, 3.05) is 6.61 Å². The Balaban J connectivity index is 0.000000220. The van der Waals surface area contributed by atoms with Gasteiger partial charge in [0, 0.05) is 6.04 Å². The molecule has 0 aliphatic heterocycles. The zero-order valence-corrected chi connectivity index (χ0v) is 13.2. The Hall–Kier alpha value is -1.73. The van der Waals surface area contributed by atoms with E-state index in [2.05, 4.69) is 0 Å². The van der Waals surface area contributed by atoms with Crippen LogP contribution in [0.2, 0.25) is 0 Å². The lowest BCUT2D eigenvalue weighted by Gasteiger charge is -2.06. The van der Waals surface area contributed by atoms with Crippen molar-refractivity contribution in [3.8, 4) is 0 Å². The Morgan fingerprint density at radius 2 is 1.59 bits per heavy atom. The normalized spacial score (nSPS) is 12.2. The minimum Gasteiger partial charge on any atom is -0.395 e. The average Bonchev–Trinajstić information content (AvgIpc) is 2.48. The summed E-state index contributed by atoms with van der Waals surface area (Å²) < 4.78 is 29.6. The maximum Gasteiger partial charge on any atom is 0.294 e. The van der Waals surface area contributed by atoms with E-state index in [-0.39, 0.29) is 17.5 Å². The summed E-state index contributed by atoms with van der Waals surface area (Å²) in [6.07, 6.45) is 0.747. The molecule has 22 heavy (non-hydrogen) atoms. The highest BCUT2D eigenvalue weighted by Crippen LogP contribution is 2.08. The molecule has 0 fully saturated rings. The van der Waals surface area contributed by atoms with Gasteiger partial charge in [-0.15, -0.1) is 0 Å². The minimum atomic E-state index is -4.02. The molecule has 0 saturated carbocycles. The van der Waals surface area contributed by atoms with Crippen LogP contribution < -0.4 is 5.73 Å². The van der Waals surface area contributed by atoms with Crippen LogP contribution in [-0.4, -0.2) is 30.7 Å². The third kappa shape index (κ3) is 6.82. The number of aliphatic hydroxyl groups excluding tert-OH is 1. The van der Waals surface area contributed by atoms with E-state index in [9.17, 15) is 8.42 Å². The van der Waals surface area contributed by atoms with Crippen molar-refractivity contribution in [1.82, 2.24) is 0 Å². The smallest absolute Gasteiger partial charge is 0.294 e. The van der Waals surface area contributed by atoms with Crippen LogP contribution in [0.4, 0.5) is 0 Å². The van der Waals surface area contributed by atoms with Gasteiger partial charge in [-0.05, 0) is 31.0 Å². The molecule has 4 N–H and O–H groups in total. The van der Waals surface area contributed by atoms with E-state index < -0.39 is 10.1 Å². The zero-order chi connectivity index (χ0) is 16.6. The van der Waals surface area contributed by atoms with E-state index in [1.54, 1.807) is 12.1 Å². The molecule has 0 saturated heterocycles. The van der Waals surface area contributed by atoms with Crippen LogP contribution in [0, 0.1) is 6.92 Å². The molecule has 1 atom stereocenters. The predicted octanol–water partition coefficient (Wildman–Crippen LogP) is 1.79. The van der Waals surface area contributed by atoms with Gasteiger partial charge in [-0.25, -0.2) is 0 Å². The van der Waals surface area contributed by atoms with E-state index in [0.717, 1.165) is 12.0 Å². The lowest BCUT2D eigenvalue weighted by atomic mass is 10.1. The summed E-state index contributed by atoms with van der Waals surface area (Å²) in [7, 11) is -4.02. The third-order valence-corrected chi connectivity index (χ3v) is 3.76. The monoisotopic (exact) mass is 323 g/mol. The van der Waals surface area contributed by atoms with Gasteiger partial charge in [-0.3, -0.25) is 4.55 Å². The number of aryl methyl sites for hydroxylation is 1. The van der Waals surface area contributed by atoms with Crippen molar-refractivity contribution >= 4 is 10.1 Å². The molecule has 0 heterocycles. The Kier molecular flexibility index (Phi) is 7.20. The summed E-state index contributed by atoms with van der Waals surface area (Å²) in [5.41, 5.74) is 7.69. The average molecular weight is 323 g/mol. The van der Waals surface area contributed by atoms with Crippen LogP contribution in [0.1, 0.15) is 11.1 Å². The van der Waals surface area contributed by atoms with Gasteiger partial charge in [0.15, 0.2) is 0 Å². The number of benzene rings is 2. The highest BCUT2D eigenvalue weighted by molar-refractivity contribution is 7.85. The van der Waals surface area contributed by atoms with E-state index in [1.165, 1.54) is 17.7 Å². The largest absolute Gasteiger partial charge is 0.395 e. The van der Waals surface area contributed by atoms with E-state index in [4.69, 9.17) is 15.4 Å². The molecule has 0 aliphatic rings. The number of aliphatic hydroxyl groups is 1. The Morgan fingerprint density at radius 1 is 1.05 bits per heavy atom. The van der Waals surface area contributed by atoms with Crippen molar-refractivity contribution in [2.24, 2.45) is 5.73 Å². The topological polar surface area (TPSA) is 101 Å². The van der Waals surface area contributed by atoms with E-state index in [0.29, 0.717) is 0 Å². The molecule has 0 radical (unpaired) electrons. The van der Waals surface area contributed by atoms with Gasteiger partial charge in [0.05, 0.1) is 11.5 Å². The third-order valence-electron chi connectivity index (χ3n) is 2.89. The summed E-state index contributed by atoms with van der Waals surface area (Å²) in [4.78, 5) is -0.0666. The molecule has 2 aromatic carbocycles. The first-order chi connectivity index (χ1) is 10.3. The first-order valence-electron chi connectivity index (χ1n) is 6.77. The zero-order valence-electron chi connectivity index (χ0n) is 12.4. The number of hydrogen-bond acceptors (Lipinski definition) is 4. The summed E-state index contributed by atoms with van der Waals surface area (Å²) >= 11 is 0. The molecular weight excluding hydrogens is 302 g/mol. The SMILES string of the molecule is Cc1ccc(S(=O)(=O)O)cc1.N[C@H](CO)Cc1ccccc1. The number of hydrogen-bond donors (Lipinski definition) is 3. The molecule has 0 amide bonds. The molecule has 2 rings (SSSR count). The van der Waals surface area contributed by atoms with Gasteiger partial charge < -0.3 is 10.8 Å². The van der Waals surface area contributed by atoms with Crippen molar-refractivity contribution in [1.29, 1.82) is 0 Å². The van der Waals surface area contributed by atoms with Crippen LogP contribution in [0.25, 0.3) is 0 Å². The number of nitrogens with two attached hydrogens (primary N) is 1. The molecule has 0 spiro atoms. The van der Waals surface area contributed by atoms with Crippen LogP contribution in [0.3, 0.4) is 0 Å². The van der Waals surface area contributed by atoms with Crippen molar-refractivity contribution < 1.29 is 18.1 Å². The van der Waals surface area contributed by atoms with Gasteiger partial charge in [0.25, 0.3) is 10.1 Å². The van der Waals surface area contributed by atoms with Crippen molar-refractivity contribution in [2.45, 2.75) is 24.3 Å². The molecule has 2 aromatic rings. The highest BCUT2D eigenvalue weighted by atomic mass is 32.2. The summed E-state index contributed by atoms with van der Waals surface area (Å²) in [6, 6.07) is 15.8. The molecular formula is C16H21NO4S. The molecule has 6 heteroatoms. The summed E-state index contributed by atoms with van der Waals surface area (Å²) in [5.74, 6) is 0. The molecule has 0 unspecified atom stereocenters. The van der Waals surface area contributed by atoms with Gasteiger partial charge in [0.1, 0.15) is 0 Å². The Bertz CT molecular complexity index is 654. The van der Waals surface area contributed by atoms with Crippen LogP contribution in [-0.2, 0) is 16.5 Å². The molecule has 120 valence electrons. The first-order valence-corrected chi connectivity index (χ1v) is 8.21. The first kappa shape index (κ1) is 18.3. The quantitative estimate of drug-likeness (QED) is 0.745. The fraction of sp³-hybridized carbons (Fsp3) is 0.250. The number of rotatable bonds is 4. The van der Waals surface area contributed by atoms with Crippen LogP contribution in [0.5, 0.6) is 0 Å². The lowest BCUT2D eigenvalue weighted by Crippen LogP contribution is -2.26. The van der Waals surface area contributed by atoms with Crippen molar-refractivity contribution in [3.05, 3.63) is 65.7 Å². The second kappa shape index (κ2) is 8.65. The lowest BCUT2D eigenvalue weighted by molar-refractivity contribution is 0.265. The van der Waals surface area contributed by atoms with Crippen LogP contribution in [0.15, 0.2) is 59.5 Å². The second-order valence-electron chi connectivity index (χ2n) is 4.92. The fourth-order valence-corrected chi connectivity index (χ4v) is 2.17. The molecule has 0 bridgehead atoms. The standard InChI is InChI=1S/C9H13NO.C7H8O3S/c10-9(7-11)6-8-4-2-1-3-5-8;1-6-2-4-7(5-3-6)11(8,9)10/h1-5,9,11H,6-7,10H2;2-5H,1H3,(H,8,9,10)/t9-;/m0./s1. The molecule has 0 aromatic heterocycles. The van der Waals surface area contributed by atoms with Crippen LogP contribution >= 0.6 is 0 Å². The summed E-state index contributed by atoms with van der Waals surface area (Å²) in [5, 5.41) is 8.67. The Morgan fingerprint density at radius 3 is 2.05 bits per heavy atom. The maximum atomic E-state index is 10.5. The Labute approximate surface area is 131 Å². The van der Waals surface area contributed by atoms with E-state index in [1.807, 2.05) is 37.3 Å². The van der Waals surface area contributed by atoms with Gasteiger partial charge in [0.2, 0.25) is 0 Å². The van der Waals surface area contributed by atoms with Crippen molar-refractivity contribution in [3.63, 3.8) is 0 Å². The molecule has 5 nitrogen and oxygen atoms in total.